The predicted octanol–water partition coefficient (Wildman–Crippen LogP) is 4.26. The second-order valence-electron chi connectivity index (χ2n) is 6.86. The van der Waals surface area contributed by atoms with E-state index in [-0.39, 0.29) is 5.91 Å². The van der Waals surface area contributed by atoms with Crippen molar-refractivity contribution in [3.8, 4) is 17.5 Å². The van der Waals surface area contributed by atoms with Gasteiger partial charge in [-0.25, -0.2) is 0 Å². The van der Waals surface area contributed by atoms with E-state index in [9.17, 15) is 4.79 Å². The topological polar surface area (TPSA) is 105 Å². The van der Waals surface area contributed by atoms with E-state index >= 15 is 0 Å². The van der Waals surface area contributed by atoms with Crippen molar-refractivity contribution in [2.75, 3.05) is 13.7 Å². The molecule has 0 atom stereocenters. The summed E-state index contributed by atoms with van der Waals surface area (Å²) in [5.74, 6) is 2.48. The number of aryl methyl sites for hydroxylation is 1. The zero-order chi connectivity index (χ0) is 24.4. The molecule has 0 unspecified atom stereocenters. The number of halogens is 1. The summed E-state index contributed by atoms with van der Waals surface area (Å²) in [5.41, 5.74) is 3.88. The van der Waals surface area contributed by atoms with E-state index in [1.165, 1.54) is 13.8 Å². The van der Waals surface area contributed by atoms with Crippen LogP contribution in [-0.4, -0.2) is 40.0 Å². The second-order valence-corrected chi connectivity index (χ2v) is 7.30. The number of carbonyl (C=O) groups excluding carboxylic acids is 1. The number of aromatic nitrogens is 3. The van der Waals surface area contributed by atoms with Crippen molar-refractivity contribution in [3.05, 3.63) is 70.3 Å². The number of hydrogen-bond acceptors (Lipinski definition) is 6. The van der Waals surface area contributed by atoms with E-state index in [1.54, 1.807) is 13.2 Å². The molecular weight excluding hydrogens is 440 g/mol. The Morgan fingerprint density at radius 3 is 2.45 bits per heavy atom. The number of methoxy groups -OCH3 is 1. The van der Waals surface area contributed by atoms with Crippen molar-refractivity contribution < 1.29 is 9.53 Å². The molecule has 1 amide bonds. The summed E-state index contributed by atoms with van der Waals surface area (Å²) in [6.07, 6.45) is 0. The van der Waals surface area contributed by atoms with Crippen LogP contribution in [-0.2, 0) is 11.3 Å². The van der Waals surface area contributed by atoms with Crippen molar-refractivity contribution in [2.24, 2.45) is 4.99 Å². The fourth-order valence-corrected chi connectivity index (χ4v) is 3.31. The first-order valence-electron chi connectivity index (χ1n) is 10.3. The van der Waals surface area contributed by atoms with Crippen LogP contribution < -0.4 is 10.1 Å². The van der Waals surface area contributed by atoms with Crippen LogP contribution in [0, 0.1) is 18.3 Å². The third-order valence-corrected chi connectivity index (χ3v) is 4.77. The van der Waals surface area contributed by atoms with E-state index in [4.69, 9.17) is 26.6 Å². The third-order valence-electron chi connectivity index (χ3n) is 4.51. The lowest BCUT2D eigenvalue weighted by Gasteiger charge is -2.14. The number of aliphatic imine (C=N–C) groups is 1. The lowest BCUT2D eigenvalue weighted by atomic mass is 10.00. The minimum Gasteiger partial charge on any atom is -0.497 e. The molecule has 2 aromatic carbocycles. The second kappa shape index (κ2) is 12.4. The highest BCUT2D eigenvalue weighted by molar-refractivity contribution is 6.30. The molecule has 4 rings (SSSR count). The first-order valence-corrected chi connectivity index (χ1v) is 10.7. The summed E-state index contributed by atoms with van der Waals surface area (Å²) in [6, 6.07) is 15.4. The summed E-state index contributed by atoms with van der Waals surface area (Å²) in [6.45, 7) is 7.97. The molecule has 8 nitrogen and oxygen atoms in total. The number of carbonyl (C=O) groups is 1. The number of amides is 1. The molecule has 172 valence electrons. The standard InChI is InChI=1S/C18H15ClN4O.C4H9NO.C2H3N/c1-11-21-22-17-10-20-18(12-3-5-13(19)6-4-12)15-9-14(24-2)7-8-16(15)23(11)17;1-3-5-4(2)6;1-2-3/h3-9H,10H2,1-2H3;3H2,1-2H3,(H,5,6);1H3. The van der Waals surface area contributed by atoms with Gasteiger partial charge in [0.25, 0.3) is 0 Å². The molecular formula is C24H27ClN6O2. The zero-order valence-corrected chi connectivity index (χ0v) is 20.1. The molecule has 9 heteroatoms. The van der Waals surface area contributed by atoms with Crippen LogP contribution in [0.1, 0.15) is 43.5 Å². The smallest absolute Gasteiger partial charge is 0.216 e. The molecule has 1 aromatic heterocycles. The van der Waals surface area contributed by atoms with E-state index in [2.05, 4.69) is 15.5 Å². The number of rotatable bonds is 3. The molecule has 0 radical (unpaired) electrons. The van der Waals surface area contributed by atoms with E-state index in [0.29, 0.717) is 11.6 Å². The molecule has 3 aromatic rings. The number of fused-ring (bicyclic) bond motifs is 3. The Bertz CT molecular complexity index is 1160. The van der Waals surface area contributed by atoms with Crippen LogP contribution in [0.25, 0.3) is 5.69 Å². The summed E-state index contributed by atoms with van der Waals surface area (Å²) >= 11 is 6.02. The van der Waals surface area contributed by atoms with Gasteiger partial charge in [0.2, 0.25) is 5.91 Å². The van der Waals surface area contributed by atoms with E-state index < -0.39 is 0 Å². The Hall–Kier alpha value is -3.70. The van der Waals surface area contributed by atoms with Gasteiger partial charge in [-0.05, 0) is 44.2 Å². The highest BCUT2D eigenvalue weighted by Gasteiger charge is 2.22. The summed E-state index contributed by atoms with van der Waals surface area (Å²) < 4.78 is 7.45. The number of nitriles is 1. The first-order chi connectivity index (χ1) is 15.9. The number of hydrogen-bond donors (Lipinski definition) is 1. The number of benzene rings is 2. The Kier molecular flexibility index (Phi) is 9.58. The molecule has 0 fully saturated rings. The molecule has 1 aliphatic heterocycles. The van der Waals surface area contributed by atoms with Gasteiger partial charge in [-0.1, -0.05) is 23.7 Å². The SMILES string of the molecule is CC#N.CCNC(C)=O.COc1ccc2c(c1)C(c1ccc(Cl)cc1)=NCc1nnc(C)n1-2. The largest absolute Gasteiger partial charge is 0.497 e. The fraction of sp³-hybridized carbons (Fsp3) is 0.292. The maximum absolute atomic E-state index is 9.93. The van der Waals surface area contributed by atoms with Crippen LogP contribution in [0.5, 0.6) is 5.75 Å². The molecule has 0 saturated carbocycles. The predicted molar refractivity (Wildman–Crippen MR) is 129 cm³/mol. The molecule has 0 saturated heterocycles. The van der Waals surface area contributed by atoms with Gasteiger partial charge in [0.1, 0.15) is 18.1 Å². The molecule has 0 aliphatic carbocycles. The lowest BCUT2D eigenvalue weighted by Crippen LogP contribution is -2.18. The van der Waals surface area contributed by atoms with Gasteiger partial charge in [0, 0.05) is 36.5 Å². The molecule has 0 bridgehead atoms. The quantitative estimate of drug-likeness (QED) is 0.620. The van der Waals surface area contributed by atoms with Crippen LogP contribution in [0.3, 0.4) is 0 Å². The molecule has 0 spiro atoms. The fourth-order valence-electron chi connectivity index (χ4n) is 3.19. The maximum atomic E-state index is 9.93. The Morgan fingerprint density at radius 1 is 1.24 bits per heavy atom. The van der Waals surface area contributed by atoms with Gasteiger partial charge in [-0.3, -0.25) is 14.4 Å². The Morgan fingerprint density at radius 2 is 1.91 bits per heavy atom. The summed E-state index contributed by atoms with van der Waals surface area (Å²) in [4.78, 5) is 14.7. The highest BCUT2D eigenvalue weighted by atomic mass is 35.5. The third kappa shape index (κ3) is 6.64. The van der Waals surface area contributed by atoms with Crippen molar-refractivity contribution in [1.82, 2.24) is 20.1 Å². The van der Waals surface area contributed by atoms with Crippen molar-refractivity contribution in [1.29, 1.82) is 5.26 Å². The minimum absolute atomic E-state index is 0.0394. The van der Waals surface area contributed by atoms with E-state index in [0.717, 1.165) is 46.5 Å². The van der Waals surface area contributed by atoms with Crippen LogP contribution in [0.4, 0.5) is 0 Å². The lowest BCUT2D eigenvalue weighted by molar-refractivity contribution is -0.118. The monoisotopic (exact) mass is 466 g/mol. The van der Waals surface area contributed by atoms with Gasteiger partial charge in [-0.15, -0.1) is 10.2 Å². The maximum Gasteiger partial charge on any atom is 0.216 e. The van der Waals surface area contributed by atoms with Crippen molar-refractivity contribution in [2.45, 2.75) is 34.2 Å². The van der Waals surface area contributed by atoms with Gasteiger partial charge in [0.05, 0.1) is 24.6 Å². The highest BCUT2D eigenvalue weighted by Crippen LogP contribution is 2.29. The number of nitrogens with zero attached hydrogens (tertiary/aromatic N) is 5. The van der Waals surface area contributed by atoms with E-state index in [1.807, 2.05) is 60.9 Å². The number of nitrogens with one attached hydrogen (secondary N) is 1. The molecule has 1 N–H and O–H groups in total. The molecule has 1 aliphatic rings. The summed E-state index contributed by atoms with van der Waals surface area (Å²) in [5, 5.41) is 19.0. The van der Waals surface area contributed by atoms with Crippen LogP contribution >= 0.6 is 11.6 Å². The summed E-state index contributed by atoms with van der Waals surface area (Å²) in [7, 11) is 1.66. The van der Waals surface area contributed by atoms with Gasteiger partial charge < -0.3 is 10.1 Å². The Labute approximate surface area is 198 Å². The Balaban J connectivity index is 0.000000369. The zero-order valence-electron chi connectivity index (χ0n) is 19.4. The average Bonchev–Trinajstić information content (AvgIpc) is 3.07. The van der Waals surface area contributed by atoms with Gasteiger partial charge in [-0.2, -0.15) is 5.26 Å². The van der Waals surface area contributed by atoms with Gasteiger partial charge >= 0.3 is 0 Å². The first kappa shape index (κ1) is 25.6. The minimum atomic E-state index is 0.0394. The van der Waals surface area contributed by atoms with Gasteiger partial charge in [0.15, 0.2) is 5.82 Å². The van der Waals surface area contributed by atoms with Crippen LogP contribution in [0.2, 0.25) is 5.02 Å². The van der Waals surface area contributed by atoms with Crippen molar-refractivity contribution in [3.63, 3.8) is 0 Å². The average molecular weight is 467 g/mol. The van der Waals surface area contributed by atoms with Crippen molar-refractivity contribution >= 4 is 23.2 Å². The number of ether oxygens (including phenoxy) is 1. The molecule has 33 heavy (non-hydrogen) atoms. The van der Waals surface area contributed by atoms with Crippen LogP contribution in [0.15, 0.2) is 47.5 Å². The molecule has 2 heterocycles. The normalized spacial score (nSPS) is 11.0.